The molecule has 2 aromatic heterocycles. The van der Waals surface area contributed by atoms with Crippen LogP contribution in [0.5, 0.6) is 0 Å². The zero-order chi connectivity index (χ0) is 18.0. The molecule has 0 unspecified atom stereocenters. The van der Waals surface area contributed by atoms with Crippen molar-refractivity contribution in [3.05, 3.63) is 41.1 Å². The van der Waals surface area contributed by atoms with E-state index in [1.165, 1.54) is 0 Å². The minimum Gasteiger partial charge on any atom is -0.454 e. The molecule has 1 N–H and O–H groups in total. The second-order valence-corrected chi connectivity index (χ2v) is 6.79. The summed E-state index contributed by atoms with van der Waals surface area (Å²) in [6.45, 7) is 9.76. The Morgan fingerprint density at radius 3 is 2.60 bits per heavy atom. The standard InChI is InChI=1S/C18H26N4O3/c1-13-10-14(2)22(19-13)12-16-4-5-17(25-16)18(24)21-8-6-20(7-9-21)11-15(3)23/h4-5,10,15,23H,6-9,11-12H2,1-3H3/t15-/m0/s1. The fourth-order valence-electron chi connectivity index (χ4n) is 3.22. The highest BCUT2D eigenvalue weighted by atomic mass is 16.4. The molecule has 1 fully saturated rings. The number of rotatable bonds is 5. The monoisotopic (exact) mass is 346 g/mol. The van der Waals surface area contributed by atoms with Crippen molar-refractivity contribution in [3.8, 4) is 0 Å². The molecule has 0 aromatic carbocycles. The molecule has 0 bridgehead atoms. The molecule has 0 saturated carbocycles. The Morgan fingerprint density at radius 2 is 2.00 bits per heavy atom. The Kier molecular flexibility index (Phi) is 5.24. The molecule has 1 atom stereocenters. The predicted octanol–water partition coefficient (Wildman–Crippen LogP) is 1.28. The summed E-state index contributed by atoms with van der Waals surface area (Å²) in [5, 5.41) is 13.9. The summed E-state index contributed by atoms with van der Waals surface area (Å²) in [4.78, 5) is 16.6. The van der Waals surface area contributed by atoms with Crippen LogP contribution in [-0.2, 0) is 6.54 Å². The van der Waals surface area contributed by atoms with Gasteiger partial charge in [-0.05, 0) is 39.0 Å². The van der Waals surface area contributed by atoms with Crippen molar-refractivity contribution < 1.29 is 14.3 Å². The van der Waals surface area contributed by atoms with Gasteiger partial charge in [-0.2, -0.15) is 5.10 Å². The predicted molar refractivity (Wildman–Crippen MR) is 93.5 cm³/mol. The maximum atomic E-state index is 12.6. The summed E-state index contributed by atoms with van der Waals surface area (Å²) >= 11 is 0. The number of aliphatic hydroxyl groups excluding tert-OH is 1. The number of nitrogens with zero attached hydrogens (tertiary/aromatic N) is 4. The topological polar surface area (TPSA) is 74.7 Å². The molecule has 136 valence electrons. The Morgan fingerprint density at radius 1 is 1.28 bits per heavy atom. The highest BCUT2D eigenvalue weighted by Crippen LogP contribution is 2.15. The molecule has 0 radical (unpaired) electrons. The SMILES string of the molecule is Cc1cc(C)n(Cc2ccc(C(=O)N3CCN(C[C@H](C)O)CC3)o2)n1. The number of furan rings is 1. The van der Waals surface area contributed by atoms with E-state index in [-0.39, 0.29) is 12.0 Å². The van der Waals surface area contributed by atoms with Crippen molar-refractivity contribution >= 4 is 5.91 Å². The molecule has 25 heavy (non-hydrogen) atoms. The molecule has 1 aliphatic rings. The van der Waals surface area contributed by atoms with Crippen molar-refractivity contribution in [2.45, 2.75) is 33.4 Å². The van der Waals surface area contributed by atoms with E-state index in [0.29, 0.717) is 31.9 Å². The number of aryl methyl sites for hydroxylation is 2. The normalized spacial score (nSPS) is 17.0. The molecule has 3 rings (SSSR count). The zero-order valence-electron chi connectivity index (χ0n) is 15.1. The summed E-state index contributed by atoms with van der Waals surface area (Å²) in [6.07, 6.45) is -0.343. The molecular formula is C18H26N4O3. The van der Waals surface area contributed by atoms with Gasteiger partial charge < -0.3 is 14.4 Å². The van der Waals surface area contributed by atoms with Gasteiger partial charge in [0.25, 0.3) is 5.91 Å². The minimum absolute atomic E-state index is 0.0729. The summed E-state index contributed by atoms with van der Waals surface area (Å²) in [5.74, 6) is 1.03. The maximum absolute atomic E-state index is 12.6. The van der Waals surface area contributed by atoms with Gasteiger partial charge in [0.1, 0.15) is 5.76 Å². The van der Waals surface area contributed by atoms with Crippen molar-refractivity contribution in [1.82, 2.24) is 19.6 Å². The molecule has 1 aliphatic heterocycles. The molecule has 7 nitrogen and oxygen atoms in total. The number of carbonyl (C=O) groups is 1. The number of β-amino-alcohol motifs (C(OH)–C–C–N with tert-alkyl or cyclic N) is 1. The average molecular weight is 346 g/mol. The van der Waals surface area contributed by atoms with Gasteiger partial charge in [-0.15, -0.1) is 0 Å². The van der Waals surface area contributed by atoms with E-state index in [9.17, 15) is 9.90 Å². The van der Waals surface area contributed by atoms with Gasteiger partial charge in [-0.25, -0.2) is 0 Å². The van der Waals surface area contributed by atoms with Crippen molar-refractivity contribution in [2.75, 3.05) is 32.7 Å². The molecule has 3 heterocycles. The van der Waals surface area contributed by atoms with Crippen LogP contribution in [0.15, 0.2) is 22.6 Å². The smallest absolute Gasteiger partial charge is 0.289 e. The Balaban J connectivity index is 1.59. The van der Waals surface area contributed by atoms with Gasteiger partial charge in [-0.3, -0.25) is 14.4 Å². The highest BCUT2D eigenvalue weighted by molar-refractivity contribution is 5.91. The average Bonchev–Trinajstić information content (AvgIpc) is 3.14. The van der Waals surface area contributed by atoms with Gasteiger partial charge in [0, 0.05) is 38.4 Å². The van der Waals surface area contributed by atoms with E-state index in [1.807, 2.05) is 35.6 Å². The summed E-state index contributed by atoms with van der Waals surface area (Å²) in [7, 11) is 0. The second kappa shape index (κ2) is 7.41. The maximum Gasteiger partial charge on any atom is 0.289 e. The van der Waals surface area contributed by atoms with E-state index in [4.69, 9.17) is 4.42 Å². The van der Waals surface area contributed by atoms with Gasteiger partial charge in [-0.1, -0.05) is 0 Å². The highest BCUT2D eigenvalue weighted by Gasteiger charge is 2.24. The lowest BCUT2D eigenvalue weighted by atomic mass is 10.2. The molecular weight excluding hydrogens is 320 g/mol. The summed E-state index contributed by atoms with van der Waals surface area (Å²) < 4.78 is 7.62. The van der Waals surface area contributed by atoms with Gasteiger partial charge in [0.2, 0.25) is 0 Å². The number of hydrogen-bond acceptors (Lipinski definition) is 5. The Hall–Kier alpha value is -2.12. The van der Waals surface area contributed by atoms with E-state index in [2.05, 4.69) is 10.00 Å². The fourth-order valence-corrected chi connectivity index (χ4v) is 3.22. The Labute approximate surface area is 147 Å². The molecule has 2 aromatic rings. The van der Waals surface area contributed by atoms with Crippen molar-refractivity contribution in [1.29, 1.82) is 0 Å². The van der Waals surface area contributed by atoms with Crippen LogP contribution >= 0.6 is 0 Å². The molecule has 1 saturated heterocycles. The summed E-state index contributed by atoms with van der Waals surface area (Å²) in [5.41, 5.74) is 2.03. The quantitative estimate of drug-likeness (QED) is 0.883. The third-order valence-electron chi connectivity index (χ3n) is 4.46. The molecule has 7 heteroatoms. The van der Waals surface area contributed by atoms with Crippen LogP contribution in [0.3, 0.4) is 0 Å². The largest absolute Gasteiger partial charge is 0.454 e. The van der Waals surface area contributed by atoms with Crippen LogP contribution in [0.1, 0.15) is 34.6 Å². The number of carbonyl (C=O) groups excluding carboxylic acids is 1. The third kappa shape index (κ3) is 4.29. The van der Waals surface area contributed by atoms with Crippen LogP contribution < -0.4 is 0 Å². The van der Waals surface area contributed by atoms with Crippen LogP contribution in [-0.4, -0.2) is 69.4 Å². The second-order valence-electron chi connectivity index (χ2n) is 6.79. The van der Waals surface area contributed by atoms with E-state index >= 15 is 0 Å². The first kappa shape index (κ1) is 17.7. The van der Waals surface area contributed by atoms with Crippen LogP contribution in [0.25, 0.3) is 0 Å². The lowest BCUT2D eigenvalue weighted by molar-refractivity contribution is 0.0526. The van der Waals surface area contributed by atoms with E-state index < -0.39 is 0 Å². The van der Waals surface area contributed by atoms with Crippen LogP contribution in [0.4, 0.5) is 0 Å². The minimum atomic E-state index is -0.343. The number of hydrogen-bond donors (Lipinski definition) is 1. The van der Waals surface area contributed by atoms with Gasteiger partial charge >= 0.3 is 0 Å². The third-order valence-corrected chi connectivity index (χ3v) is 4.46. The zero-order valence-corrected chi connectivity index (χ0v) is 15.1. The molecule has 0 spiro atoms. The number of piperazine rings is 1. The first-order valence-corrected chi connectivity index (χ1v) is 8.72. The first-order chi connectivity index (χ1) is 11.9. The van der Waals surface area contributed by atoms with Crippen molar-refractivity contribution in [3.63, 3.8) is 0 Å². The van der Waals surface area contributed by atoms with Crippen molar-refractivity contribution in [2.24, 2.45) is 0 Å². The first-order valence-electron chi connectivity index (χ1n) is 8.72. The number of amides is 1. The van der Waals surface area contributed by atoms with E-state index in [0.717, 1.165) is 30.2 Å². The summed E-state index contributed by atoms with van der Waals surface area (Å²) in [6, 6.07) is 5.60. The number of aliphatic hydroxyl groups is 1. The van der Waals surface area contributed by atoms with Gasteiger partial charge in [0.05, 0.1) is 18.3 Å². The Bertz CT molecular complexity index is 727. The lowest BCUT2D eigenvalue weighted by Gasteiger charge is -2.34. The molecule has 0 aliphatic carbocycles. The van der Waals surface area contributed by atoms with Crippen LogP contribution in [0.2, 0.25) is 0 Å². The van der Waals surface area contributed by atoms with Crippen LogP contribution in [0, 0.1) is 13.8 Å². The fraction of sp³-hybridized carbons (Fsp3) is 0.556. The van der Waals surface area contributed by atoms with E-state index in [1.54, 1.807) is 13.0 Å². The van der Waals surface area contributed by atoms with Gasteiger partial charge in [0.15, 0.2) is 5.76 Å². The molecule has 1 amide bonds. The lowest BCUT2D eigenvalue weighted by Crippen LogP contribution is -2.50. The number of aromatic nitrogens is 2.